The van der Waals surface area contributed by atoms with Crippen molar-refractivity contribution >= 4 is 5.97 Å². The molecule has 2 rings (SSSR count). The molecule has 116 valence electrons. The Kier molecular flexibility index (Phi) is 5.23. The monoisotopic (exact) mass is 291 g/mol. The second-order valence-electron chi connectivity index (χ2n) is 5.79. The Balaban J connectivity index is 2.13. The summed E-state index contributed by atoms with van der Waals surface area (Å²) in [5, 5.41) is 9.17. The molecule has 0 spiro atoms. The van der Waals surface area contributed by atoms with Gasteiger partial charge in [-0.3, -0.25) is 9.69 Å². The molecule has 0 aromatic heterocycles. The van der Waals surface area contributed by atoms with Gasteiger partial charge in [0, 0.05) is 17.6 Å². The largest absolute Gasteiger partial charge is 0.494 e. The fourth-order valence-corrected chi connectivity index (χ4v) is 3.28. The predicted octanol–water partition coefficient (Wildman–Crippen LogP) is 3.33. The van der Waals surface area contributed by atoms with E-state index in [2.05, 4.69) is 24.8 Å². The number of rotatable bonds is 5. The number of ether oxygens (including phenoxy) is 1. The Hall–Kier alpha value is -1.55. The first-order valence-electron chi connectivity index (χ1n) is 7.74. The molecule has 1 heterocycles. The van der Waals surface area contributed by atoms with E-state index in [1.165, 1.54) is 5.56 Å². The summed E-state index contributed by atoms with van der Waals surface area (Å²) in [6, 6.07) is 8.63. The maximum Gasteiger partial charge on any atom is 0.306 e. The zero-order valence-electron chi connectivity index (χ0n) is 13.1. The topological polar surface area (TPSA) is 49.8 Å². The van der Waals surface area contributed by atoms with Crippen molar-refractivity contribution < 1.29 is 14.6 Å². The molecule has 0 amide bonds. The van der Waals surface area contributed by atoms with Crippen molar-refractivity contribution in [2.24, 2.45) is 5.92 Å². The minimum Gasteiger partial charge on any atom is -0.494 e. The van der Waals surface area contributed by atoms with Gasteiger partial charge in [0.1, 0.15) is 5.75 Å². The Labute approximate surface area is 126 Å². The van der Waals surface area contributed by atoms with E-state index in [1.807, 2.05) is 25.1 Å². The number of hydrogen-bond donors (Lipinski definition) is 1. The number of nitrogens with zero attached hydrogens (tertiary/aromatic N) is 1. The predicted molar refractivity (Wildman–Crippen MR) is 82.6 cm³/mol. The second kappa shape index (κ2) is 6.94. The summed E-state index contributed by atoms with van der Waals surface area (Å²) >= 11 is 0. The quantitative estimate of drug-likeness (QED) is 0.904. The van der Waals surface area contributed by atoms with Crippen molar-refractivity contribution in [3.8, 4) is 5.75 Å². The molecule has 1 aliphatic heterocycles. The molecule has 4 heteroatoms. The number of carboxylic acid groups (broad SMARTS) is 1. The average Bonchev–Trinajstić information content (AvgIpc) is 2.47. The molecule has 0 saturated carbocycles. The van der Waals surface area contributed by atoms with Crippen molar-refractivity contribution in [1.82, 2.24) is 4.90 Å². The first-order chi connectivity index (χ1) is 10.0. The number of carboxylic acids is 1. The van der Waals surface area contributed by atoms with Gasteiger partial charge < -0.3 is 9.84 Å². The second-order valence-corrected chi connectivity index (χ2v) is 5.79. The lowest BCUT2D eigenvalue weighted by Gasteiger charge is -2.40. The van der Waals surface area contributed by atoms with E-state index in [0.717, 1.165) is 25.1 Å². The summed E-state index contributed by atoms with van der Waals surface area (Å²) in [4.78, 5) is 13.5. The molecule has 1 N–H and O–H groups in total. The molecule has 1 aliphatic rings. The zero-order valence-corrected chi connectivity index (χ0v) is 13.1. The van der Waals surface area contributed by atoms with E-state index < -0.39 is 5.97 Å². The van der Waals surface area contributed by atoms with Crippen LogP contribution in [0.3, 0.4) is 0 Å². The number of aliphatic carboxylic acids is 1. The molecule has 3 unspecified atom stereocenters. The molecule has 0 aliphatic carbocycles. The maximum absolute atomic E-state index is 11.1. The van der Waals surface area contributed by atoms with E-state index in [0.29, 0.717) is 6.61 Å². The average molecular weight is 291 g/mol. The van der Waals surface area contributed by atoms with Crippen LogP contribution in [0, 0.1) is 5.92 Å². The Morgan fingerprint density at radius 1 is 1.48 bits per heavy atom. The summed E-state index contributed by atoms with van der Waals surface area (Å²) in [5.41, 5.74) is 1.18. The Morgan fingerprint density at radius 3 is 2.81 bits per heavy atom. The van der Waals surface area contributed by atoms with Crippen LogP contribution in [-0.4, -0.2) is 35.2 Å². The summed E-state index contributed by atoms with van der Waals surface area (Å²) in [6.07, 6.45) is 1.44. The maximum atomic E-state index is 11.1. The lowest BCUT2D eigenvalue weighted by Crippen LogP contribution is -2.43. The van der Waals surface area contributed by atoms with Crippen LogP contribution in [0.15, 0.2) is 24.3 Å². The van der Waals surface area contributed by atoms with Crippen molar-refractivity contribution in [3.63, 3.8) is 0 Å². The van der Waals surface area contributed by atoms with Gasteiger partial charge in [-0.25, -0.2) is 0 Å². The van der Waals surface area contributed by atoms with Gasteiger partial charge >= 0.3 is 5.97 Å². The van der Waals surface area contributed by atoms with E-state index in [-0.39, 0.29) is 18.0 Å². The number of benzene rings is 1. The molecule has 3 atom stereocenters. The van der Waals surface area contributed by atoms with Gasteiger partial charge in [0.25, 0.3) is 0 Å². The lowest BCUT2D eigenvalue weighted by molar-refractivity contribution is -0.144. The molecule has 1 aromatic rings. The highest BCUT2D eigenvalue weighted by Gasteiger charge is 2.33. The van der Waals surface area contributed by atoms with E-state index in [4.69, 9.17) is 4.74 Å². The first-order valence-corrected chi connectivity index (χ1v) is 7.74. The van der Waals surface area contributed by atoms with Gasteiger partial charge in [0.2, 0.25) is 0 Å². The number of likely N-dealkylation sites (tertiary alicyclic amines) is 1. The third-order valence-corrected chi connectivity index (χ3v) is 4.44. The molecule has 21 heavy (non-hydrogen) atoms. The number of hydrogen-bond acceptors (Lipinski definition) is 3. The van der Waals surface area contributed by atoms with Gasteiger partial charge in [-0.05, 0) is 46.2 Å². The molecule has 1 saturated heterocycles. The van der Waals surface area contributed by atoms with Crippen LogP contribution in [0.1, 0.15) is 45.2 Å². The Bertz CT molecular complexity index is 489. The highest BCUT2D eigenvalue weighted by molar-refractivity contribution is 5.70. The third-order valence-electron chi connectivity index (χ3n) is 4.44. The van der Waals surface area contributed by atoms with E-state index >= 15 is 0 Å². The van der Waals surface area contributed by atoms with Crippen LogP contribution >= 0.6 is 0 Å². The molecule has 1 aromatic carbocycles. The van der Waals surface area contributed by atoms with Crippen molar-refractivity contribution in [1.29, 1.82) is 0 Å². The van der Waals surface area contributed by atoms with E-state index in [1.54, 1.807) is 0 Å². The van der Waals surface area contributed by atoms with Crippen LogP contribution < -0.4 is 4.74 Å². The van der Waals surface area contributed by atoms with Gasteiger partial charge in [-0.2, -0.15) is 0 Å². The van der Waals surface area contributed by atoms with Gasteiger partial charge in [-0.1, -0.05) is 18.2 Å². The van der Waals surface area contributed by atoms with E-state index in [9.17, 15) is 9.90 Å². The molecule has 4 nitrogen and oxygen atoms in total. The molecule has 1 fully saturated rings. The van der Waals surface area contributed by atoms with Crippen molar-refractivity contribution in [2.45, 2.75) is 45.7 Å². The van der Waals surface area contributed by atoms with Crippen molar-refractivity contribution in [2.75, 3.05) is 13.2 Å². The highest BCUT2D eigenvalue weighted by atomic mass is 16.5. The van der Waals surface area contributed by atoms with Crippen LogP contribution in [0.25, 0.3) is 0 Å². The number of carbonyl (C=O) groups is 1. The minimum absolute atomic E-state index is 0.203. The molecule has 0 radical (unpaired) electrons. The standard InChI is InChI=1S/C17H25NO3/c1-4-21-16-8-6-5-7-15(16)13(3)18-10-9-14(17(19)20)11-12(18)2/h5-8,12-14H,4,9-11H2,1-3H3,(H,19,20). The van der Waals surface area contributed by atoms with Crippen LogP contribution in [0.5, 0.6) is 5.75 Å². The Morgan fingerprint density at radius 2 is 2.19 bits per heavy atom. The summed E-state index contributed by atoms with van der Waals surface area (Å²) in [7, 11) is 0. The van der Waals surface area contributed by atoms with Gasteiger partial charge in [0.15, 0.2) is 0 Å². The minimum atomic E-state index is -0.663. The highest BCUT2D eigenvalue weighted by Crippen LogP contribution is 2.34. The zero-order chi connectivity index (χ0) is 15.4. The van der Waals surface area contributed by atoms with Gasteiger partial charge in [-0.15, -0.1) is 0 Å². The van der Waals surface area contributed by atoms with Crippen LogP contribution in [0.4, 0.5) is 0 Å². The fourth-order valence-electron chi connectivity index (χ4n) is 3.28. The molecular weight excluding hydrogens is 266 g/mol. The van der Waals surface area contributed by atoms with Crippen LogP contribution in [0.2, 0.25) is 0 Å². The van der Waals surface area contributed by atoms with Crippen molar-refractivity contribution in [3.05, 3.63) is 29.8 Å². The normalized spacial score (nSPS) is 24.5. The molecular formula is C17H25NO3. The fraction of sp³-hybridized carbons (Fsp3) is 0.588. The first kappa shape index (κ1) is 15.8. The van der Waals surface area contributed by atoms with Gasteiger partial charge in [0.05, 0.1) is 12.5 Å². The smallest absolute Gasteiger partial charge is 0.306 e. The van der Waals surface area contributed by atoms with Crippen LogP contribution in [-0.2, 0) is 4.79 Å². The number of piperidine rings is 1. The molecule has 0 bridgehead atoms. The third kappa shape index (κ3) is 3.56. The SMILES string of the molecule is CCOc1ccccc1C(C)N1CCC(C(=O)O)CC1C. The lowest BCUT2D eigenvalue weighted by atomic mass is 9.89. The number of para-hydroxylation sites is 1. The summed E-state index contributed by atoms with van der Waals surface area (Å²) < 4.78 is 5.72. The summed E-state index contributed by atoms with van der Waals surface area (Å²) in [6.45, 7) is 7.76. The summed E-state index contributed by atoms with van der Waals surface area (Å²) in [5.74, 6) is 0.0644.